The number of hydrogen-bond acceptors (Lipinski definition) is 6. The van der Waals surface area contributed by atoms with E-state index in [1.54, 1.807) is 6.26 Å². The van der Waals surface area contributed by atoms with Crippen LogP contribution in [0.4, 0.5) is 4.79 Å². The summed E-state index contributed by atoms with van der Waals surface area (Å²) in [7, 11) is -0.572. The molecule has 3 saturated carbocycles. The standard InChI is InChI=1S/C31H36BNO6/c1-30(2)23-14-26(30)31(3)27(15-23)38-32(39-31)28(13-22-18-36-25-7-5-4-6-24(22)25)33-29(34)37-16-19-8-9-20-10-11-35-17-21(20)12-19/h4-9,12,18,23,26-28H,10-11,13-17H2,1-3H3,(H,33,34)/t23-,26-,27+,28-,31-/m0/s1. The van der Waals surface area contributed by atoms with E-state index in [2.05, 4.69) is 38.2 Å². The smallest absolute Gasteiger partial charge is 0.464 e. The molecule has 3 aromatic rings. The number of nitrogens with one attached hydrogen (secondary N) is 1. The van der Waals surface area contributed by atoms with E-state index < -0.39 is 19.2 Å². The van der Waals surface area contributed by atoms with Gasteiger partial charge in [-0.2, -0.15) is 0 Å². The Balaban J connectivity index is 1.09. The molecular weight excluding hydrogens is 493 g/mol. The number of ether oxygens (including phenoxy) is 2. The van der Waals surface area contributed by atoms with Gasteiger partial charge in [-0.15, -0.1) is 0 Å². The van der Waals surface area contributed by atoms with Crippen LogP contribution in [-0.4, -0.2) is 37.5 Å². The Bertz CT molecular complexity index is 1400. The third kappa shape index (κ3) is 4.28. The van der Waals surface area contributed by atoms with Crippen molar-refractivity contribution in [1.29, 1.82) is 0 Å². The van der Waals surface area contributed by atoms with Gasteiger partial charge in [0.1, 0.15) is 12.2 Å². The zero-order chi connectivity index (χ0) is 26.8. The second kappa shape index (κ2) is 9.39. The molecule has 0 radical (unpaired) electrons. The number of fused-ring (bicyclic) bond motifs is 2. The molecular formula is C31H36BNO6. The van der Waals surface area contributed by atoms with Crippen molar-refractivity contribution in [2.24, 2.45) is 17.3 Å². The summed E-state index contributed by atoms with van der Waals surface area (Å²) in [6, 6.07) is 14.1. The molecule has 2 aromatic carbocycles. The second-order valence-electron chi connectivity index (χ2n) is 12.5. The van der Waals surface area contributed by atoms with Crippen LogP contribution in [0, 0.1) is 17.3 Å². The lowest BCUT2D eigenvalue weighted by Gasteiger charge is -2.64. The van der Waals surface area contributed by atoms with Gasteiger partial charge in [0.05, 0.1) is 37.1 Å². The molecule has 8 heteroatoms. The first-order valence-electron chi connectivity index (χ1n) is 14.2. The minimum absolute atomic E-state index is 0.0263. The highest BCUT2D eigenvalue weighted by atomic mass is 16.7. The molecule has 8 rings (SSSR count). The van der Waals surface area contributed by atoms with Crippen LogP contribution in [0.2, 0.25) is 0 Å². The van der Waals surface area contributed by atoms with Crippen LogP contribution in [-0.2, 0) is 44.8 Å². The maximum Gasteiger partial charge on any atom is 0.482 e. The van der Waals surface area contributed by atoms with Gasteiger partial charge in [-0.1, -0.05) is 44.2 Å². The first-order valence-corrected chi connectivity index (χ1v) is 14.2. The number of carbonyl (C=O) groups excluding carboxylic acids is 1. The van der Waals surface area contributed by atoms with Gasteiger partial charge in [0, 0.05) is 5.39 Å². The molecule has 3 heterocycles. The molecule has 0 spiro atoms. The summed E-state index contributed by atoms with van der Waals surface area (Å²) in [5.41, 5.74) is 5.11. The largest absolute Gasteiger partial charge is 0.482 e. The fraction of sp³-hybridized carbons (Fsp3) is 0.516. The molecule has 3 aliphatic carbocycles. The lowest BCUT2D eigenvalue weighted by atomic mass is 9.43. The first kappa shape index (κ1) is 25.2. The third-order valence-electron chi connectivity index (χ3n) is 10.0. The average Bonchev–Trinajstić information content (AvgIpc) is 3.51. The Labute approximate surface area is 229 Å². The van der Waals surface area contributed by atoms with Crippen molar-refractivity contribution < 1.29 is 28.0 Å². The number of alkyl carbamates (subject to hydrolysis) is 1. The molecule has 7 nitrogen and oxygen atoms in total. The van der Waals surface area contributed by atoms with Crippen LogP contribution in [0.5, 0.6) is 0 Å². The van der Waals surface area contributed by atoms with E-state index in [9.17, 15) is 4.79 Å². The predicted octanol–water partition coefficient (Wildman–Crippen LogP) is 5.61. The van der Waals surface area contributed by atoms with E-state index >= 15 is 0 Å². The second-order valence-corrected chi connectivity index (χ2v) is 12.5. The van der Waals surface area contributed by atoms with Crippen molar-refractivity contribution in [3.05, 3.63) is 71.0 Å². The number of amides is 1. The molecule has 5 atom stereocenters. The summed E-state index contributed by atoms with van der Waals surface area (Å²) < 4.78 is 30.4. The van der Waals surface area contributed by atoms with Crippen LogP contribution in [0.1, 0.15) is 55.9 Å². The Hall–Kier alpha value is -2.81. The van der Waals surface area contributed by atoms with E-state index in [4.69, 9.17) is 23.2 Å². The highest BCUT2D eigenvalue weighted by molar-refractivity contribution is 6.48. The van der Waals surface area contributed by atoms with Crippen LogP contribution in [0.15, 0.2) is 53.1 Å². The lowest BCUT2D eigenvalue weighted by molar-refractivity contribution is -0.199. The predicted molar refractivity (Wildman–Crippen MR) is 147 cm³/mol. The Morgan fingerprint density at radius 3 is 2.90 bits per heavy atom. The summed E-state index contributed by atoms with van der Waals surface area (Å²) in [6.07, 6.45) is 4.90. The average molecular weight is 529 g/mol. The quantitative estimate of drug-likeness (QED) is 0.419. The fourth-order valence-electron chi connectivity index (χ4n) is 7.57. The van der Waals surface area contributed by atoms with Gasteiger partial charge in [-0.05, 0) is 84.2 Å². The van der Waals surface area contributed by atoms with Gasteiger partial charge in [0.25, 0.3) is 0 Å². The van der Waals surface area contributed by atoms with Crippen molar-refractivity contribution in [3.8, 4) is 0 Å². The number of para-hydroxylation sites is 1. The van der Waals surface area contributed by atoms with Crippen molar-refractivity contribution in [2.45, 2.75) is 77.3 Å². The topological polar surface area (TPSA) is 79.2 Å². The van der Waals surface area contributed by atoms with Gasteiger partial charge >= 0.3 is 13.2 Å². The van der Waals surface area contributed by atoms with Gasteiger partial charge in [-0.25, -0.2) is 4.79 Å². The first-order chi connectivity index (χ1) is 18.8. The maximum atomic E-state index is 13.1. The van der Waals surface area contributed by atoms with E-state index in [-0.39, 0.29) is 23.7 Å². The number of furan rings is 1. The third-order valence-corrected chi connectivity index (χ3v) is 10.0. The van der Waals surface area contributed by atoms with E-state index in [0.29, 0.717) is 24.9 Å². The molecule has 1 N–H and O–H groups in total. The van der Waals surface area contributed by atoms with Crippen molar-refractivity contribution >= 4 is 24.2 Å². The Morgan fingerprint density at radius 1 is 1.15 bits per heavy atom. The lowest BCUT2D eigenvalue weighted by Crippen LogP contribution is -2.65. The molecule has 1 saturated heterocycles. The Morgan fingerprint density at radius 2 is 2.03 bits per heavy atom. The molecule has 5 aliphatic rings. The molecule has 4 fully saturated rings. The minimum atomic E-state index is -0.572. The number of carbonyl (C=O) groups is 1. The summed E-state index contributed by atoms with van der Waals surface area (Å²) in [5.74, 6) is 0.659. The molecule has 1 aromatic heterocycles. The van der Waals surface area contributed by atoms with Gasteiger partial charge < -0.3 is 28.5 Å². The monoisotopic (exact) mass is 529 g/mol. The molecule has 2 aliphatic heterocycles. The molecule has 204 valence electrons. The van der Waals surface area contributed by atoms with E-state index in [0.717, 1.165) is 47.1 Å². The zero-order valence-corrected chi connectivity index (χ0v) is 22.9. The van der Waals surface area contributed by atoms with Crippen LogP contribution < -0.4 is 5.32 Å². The van der Waals surface area contributed by atoms with Crippen LogP contribution in [0.3, 0.4) is 0 Å². The minimum Gasteiger partial charge on any atom is -0.464 e. The van der Waals surface area contributed by atoms with E-state index in [1.165, 1.54) is 12.0 Å². The number of benzene rings is 2. The zero-order valence-electron chi connectivity index (χ0n) is 22.9. The fourth-order valence-corrected chi connectivity index (χ4v) is 7.57. The molecule has 0 unspecified atom stereocenters. The number of hydrogen-bond donors (Lipinski definition) is 1. The highest BCUT2D eigenvalue weighted by Gasteiger charge is 2.68. The maximum absolute atomic E-state index is 13.1. The SMILES string of the molecule is CC1(C)[C@@H]2C[C@H]3OB([C@H](Cc4coc5ccccc45)NC(=O)OCc4ccc5c(c4)COCC5)O[C@@]3(C)[C@H]1C2. The molecule has 39 heavy (non-hydrogen) atoms. The summed E-state index contributed by atoms with van der Waals surface area (Å²) >= 11 is 0. The van der Waals surface area contributed by atoms with Gasteiger partial charge in [0.2, 0.25) is 0 Å². The Kier molecular flexibility index (Phi) is 6.06. The highest BCUT2D eigenvalue weighted by Crippen LogP contribution is 2.65. The number of rotatable bonds is 6. The van der Waals surface area contributed by atoms with Gasteiger partial charge in [0.15, 0.2) is 0 Å². The summed E-state index contributed by atoms with van der Waals surface area (Å²) in [4.78, 5) is 13.1. The molecule has 2 bridgehead atoms. The molecule has 1 amide bonds. The van der Waals surface area contributed by atoms with Crippen molar-refractivity contribution in [1.82, 2.24) is 5.32 Å². The normalized spacial score (nSPS) is 29.3. The van der Waals surface area contributed by atoms with Crippen LogP contribution >= 0.6 is 0 Å². The summed E-state index contributed by atoms with van der Waals surface area (Å²) in [6.45, 7) is 8.43. The van der Waals surface area contributed by atoms with E-state index in [1.807, 2.05) is 30.3 Å². The van der Waals surface area contributed by atoms with Crippen molar-refractivity contribution in [3.63, 3.8) is 0 Å². The summed E-state index contributed by atoms with van der Waals surface area (Å²) in [5, 5.41) is 4.12. The van der Waals surface area contributed by atoms with Crippen LogP contribution in [0.25, 0.3) is 11.0 Å². The van der Waals surface area contributed by atoms with Gasteiger partial charge in [-0.3, -0.25) is 0 Å². The van der Waals surface area contributed by atoms with Crippen molar-refractivity contribution in [2.75, 3.05) is 6.61 Å².